The molecule has 2 bridgehead atoms. The van der Waals surface area contributed by atoms with Crippen LogP contribution in [0.1, 0.15) is 38.5 Å². The number of ketones is 1. The SMILES string of the molecule is COc1ccc(N2C3CCC2CC2(CC(=O)C2)C3)nc1. The lowest BCUT2D eigenvalue weighted by atomic mass is 9.60. The molecule has 4 rings (SSSR count). The maximum absolute atomic E-state index is 11.4. The molecule has 3 fully saturated rings. The predicted molar refractivity (Wildman–Crippen MR) is 76.0 cm³/mol. The molecule has 2 aliphatic heterocycles. The van der Waals surface area contributed by atoms with Crippen molar-refractivity contribution in [3.8, 4) is 5.75 Å². The molecule has 4 nitrogen and oxygen atoms in total. The Hall–Kier alpha value is -1.58. The van der Waals surface area contributed by atoms with Gasteiger partial charge in [0.25, 0.3) is 0 Å². The van der Waals surface area contributed by atoms with Gasteiger partial charge >= 0.3 is 0 Å². The molecule has 0 radical (unpaired) electrons. The minimum atomic E-state index is 0.339. The van der Waals surface area contributed by atoms with E-state index in [-0.39, 0.29) is 0 Å². The molecule has 0 N–H and O–H groups in total. The van der Waals surface area contributed by atoms with E-state index in [1.165, 1.54) is 25.7 Å². The van der Waals surface area contributed by atoms with Gasteiger partial charge in [0, 0.05) is 24.9 Å². The summed E-state index contributed by atoms with van der Waals surface area (Å²) in [6, 6.07) is 5.19. The molecular formula is C16H20N2O2. The summed E-state index contributed by atoms with van der Waals surface area (Å²) >= 11 is 0. The van der Waals surface area contributed by atoms with Crippen LogP contribution in [0.25, 0.3) is 0 Å². The van der Waals surface area contributed by atoms with E-state index in [1.54, 1.807) is 13.3 Å². The summed E-state index contributed by atoms with van der Waals surface area (Å²) in [5.41, 5.74) is 0.339. The highest BCUT2D eigenvalue weighted by Gasteiger charge is 2.53. The number of anilines is 1. The number of piperidine rings is 1. The van der Waals surface area contributed by atoms with Crippen molar-refractivity contribution in [2.75, 3.05) is 12.0 Å². The van der Waals surface area contributed by atoms with Gasteiger partial charge in [0.2, 0.25) is 0 Å². The van der Waals surface area contributed by atoms with Gasteiger partial charge in [-0.05, 0) is 43.2 Å². The van der Waals surface area contributed by atoms with E-state index in [1.807, 2.05) is 6.07 Å². The zero-order valence-electron chi connectivity index (χ0n) is 11.8. The second kappa shape index (κ2) is 4.21. The molecule has 4 heteroatoms. The van der Waals surface area contributed by atoms with Crippen LogP contribution in [0.4, 0.5) is 5.82 Å². The molecule has 2 atom stereocenters. The van der Waals surface area contributed by atoms with E-state index in [2.05, 4.69) is 16.0 Å². The second-order valence-electron chi connectivity index (χ2n) is 6.65. The first-order valence-corrected chi connectivity index (χ1v) is 7.49. The molecule has 1 spiro atoms. The van der Waals surface area contributed by atoms with Gasteiger partial charge in [-0.3, -0.25) is 4.79 Å². The molecule has 2 unspecified atom stereocenters. The van der Waals surface area contributed by atoms with Gasteiger partial charge in [-0.2, -0.15) is 0 Å². The Morgan fingerprint density at radius 1 is 1.25 bits per heavy atom. The molecule has 20 heavy (non-hydrogen) atoms. The van der Waals surface area contributed by atoms with Crippen molar-refractivity contribution < 1.29 is 9.53 Å². The van der Waals surface area contributed by atoms with Crippen LogP contribution in [0.15, 0.2) is 18.3 Å². The zero-order valence-corrected chi connectivity index (χ0v) is 11.8. The summed E-state index contributed by atoms with van der Waals surface area (Å²) in [5, 5.41) is 0. The largest absolute Gasteiger partial charge is 0.495 e. The van der Waals surface area contributed by atoms with Gasteiger partial charge in [0.1, 0.15) is 17.4 Å². The van der Waals surface area contributed by atoms with Gasteiger partial charge in [0.15, 0.2) is 0 Å². The van der Waals surface area contributed by atoms with Crippen LogP contribution in [-0.4, -0.2) is 30.0 Å². The molecule has 1 aromatic rings. The number of Topliss-reactive ketones (excluding diaryl/α,β-unsaturated/α-hetero) is 1. The lowest BCUT2D eigenvalue weighted by Gasteiger charge is -2.51. The fraction of sp³-hybridized carbons (Fsp3) is 0.625. The number of pyridine rings is 1. The van der Waals surface area contributed by atoms with Crippen molar-refractivity contribution in [1.29, 1.82) is 0 Å². The number of carbonyl (C=O) groups is 1. The molecule has 1 aromatic heterocycles. The fourth-order valence-corrected chi connectivity index (χ4v) is 4.54. The molecule has 0 aromatic carbocycles. The van der Waals surface area contributed by atoms with E-state index in [9.17, 15) is 4.79 Å². The topological polar surface area (TPSA) is 42.4 Å². The van der Waals surface area contributed by atoms with Gasteiger partial charge in [-0.25, -0.2) is 4.98 Å². The predicted octanol–water partition coefficient (Wildman–Crippen LogP) is 2.57. The first kappa shape index (κ1) is 12.2. The average Bonchev–Trinajstić information content (AvgIpc) is 2.70. The first-order chi connectivity index (χ1) is 9.69. The van der Waals surface area contributed by atoms with Crippen molar-refractivity contribution >= 4 is 11.6 Å². The number of methoxy groups -OCH3 is 1. The Morgan fingerprint density at radius 2 is 1.95 bits per heavy atom. The van der Waals surface area contributed by atoms with Crippen LogP contribution in [0.2, 0.25) is 0 Å². The Labute approximate surface area is 119 Å². The average molecular weight is 272 g/mol. The maximum atomic E-state index is 11.4. The highest BCUT2D eigenvalue weighted by atomic mass is 16.5. The standard InChI is InChI=1S/C16H20N2O2/c1-20-14-4-5-15(17-10-14)18-11-2-3-12(18)7-16(6-11)8-13(19)9-16/h4-5,10-12H,2-3,6-9H2,1H3. The number of hydrogen-bond acceptors (Lipinski definition) is 4. The zero-order chi connectivity index (χ0) is 13.7. The highest BCUT2D eigenvalue weighted by Crippen LogP contribution is 2.55. The number of fused-ring (bicyclic) bond motifs is 2. The van der Waals surface area contributed by atoms with Crippen LogP contribution in [0.5, 0.6) is 5.75 Å². The quantitative estimate of drug-likeness (QED) is 0.830. The molecule has 1 aliphatic carbocycles. The number of hydrogen-bond donors (Lipinski definition) is 0. The lowest BCUT2D eigenvalue weighted by molar-refractivity contribution is -0.134. The number of aromatic nitrogens is 1. The number of ether oxygens (including phenoxy) is 1. The smallest absolute Gasteiger partial charge is 0.137 e. The first-order valence-electron chi connectivity index (χ1n) is 7.49. The van der Waals surface area contributed by atoms with Gasteiger partial charge in [0.05, 0.1) is 13.3 Å². The summed E-state index contributed by atoms with van der Waals surface area (Å²) in [6.45, 7) is 0. The minimum absolute atomic E-state index is 0.339. The van der Waals surface area contributed by atoms with Crippen LogP contribution in [-0.2, 0) is 4.79 Å². The second-order valence-corrected chi connectivity index (χ2v) is 6.65. The molecule has 2 saturated heterocycles. The third-order valence-corrected chi connectivity index (χ3v) is 5.32. The Kier molecular flexibility index (Phi) is 2.56. The molecule has 3 heterocycles. The van der Waals surface area contributed by atoms with Crippen LogP contribution >= 0.6 is 0 Å². The van der Waals surface area contributed by atoms with E-state index < -0.39 is 0 Å². The van der Waals surface area contributed by atoms with E-state index in [0.29, 0.717) is 23.3 Å². The van der Waals surface area contributed by atoms with E-state index in [0.717, 1.165) is 24.4 Å². The van der Waals surface area contributed by atoms with Crippen molar-refractivity contribution in [3.05, 3.63) is 18.3 Å². The lowest BCUT2D eigenvalue weighted by Crippen LogP contribution is -2.53. The van der Waals surface area contributed by atoms with Crippen LogP contribution in [0.3, 0.4) is 0 Å². The van der Waals surface area contributed by atoms with Crippen molar-refractivity contribution in [3.63, 3.8) is 0 Å². The third-order valence-electron chi connectivity index (χ3n) is 5.32. The summed E-state index contributed by atoms with van der Waals surface area (Å²) in [4.78, 5) is 18.4. The molecule has 1 saturated carbocycles. The summed E-state index contributed by atoms with van der Waals surface area (Å²) in [6.07, 6.45) is 8.27. The van der Waals surface area contributed by atoms with Crippen molar-refractivity contribution in [2.24, 2.45) is 5.41 Å². The molecule has 0 amide bonds. The fourth-order valence-electron chi connectivity index (χ4n) is 4.54. The van der Waals surface area contributed by atoms with Crippen molar-refractivity contribution in [1.82, 2.24) is 4.98 Å². The normalized spacial score (nSPS) is 30.4. The summed E-state index contributed by atoms with van der Waals surface area (Å²) in [5.74, 6) is 2.33. The molecule has 106 valence electrons. The van der Waals surface area contributed by atoms with Crippen molar-refractivity contribution in [2.45, 2.75) is 50.6 Å². The Morgan fingerprint density at radius 3 is 2.45 bits per heavy atom. The number of nitrogens with zero attached hydrogens (tertiary/aromatic N) is 2. The van der Waals surface area contributed by atoms with Gasteiger partial charge in [-0.15, -0.1) is 0 Å². The highest BCUT2D eigenvalue weighted by molar-refractivity contribution is 5.86. The van der Waals surface area contributed by atoms with Gasteiger partial charge < -0.3 is 9.64 Å². The number of rotatable bonds is 2. The Balaban J connectivity index is 1.57. The molecule has 3 aliphatic rings. The van der Waals surface area contributed by atoms with Crippen LogP contribution in [0, 0.1) is 5.41 Å². The van der Waals surface area contributed by atoms with Crippen LogP contribution < -0.4 is 9.64 Å². The summed E-state index contributed by atoms with van der Waals surface area (Å²) < 4.78 is 5.18. The maximum Gasteiger partial charge on any atom is 0.137 e. The van der Waals surface area contributed by atoms with E-state index >= 15 is 0 Å². The summed E-state index contributed by atoms with van der Waals surface area (Å²) in [7, 11) is 1.67. The third kappa shape index (κ3) is 1.74. The minimum Gasteiger partial charge on any atom is -0.495 e. The molecular weight excluding hydrogens is 252 g/mol. The van der Waals surface area contributed by atoms with E-state index in [4.69, 9.17) is 4.74 Å². The Bertz CT molecular complexity index is 516. The van der Waals surface area contributed by atoms with Gasteiger partial charge in [-0.1, -0.05) is 0 Å². The monoisotopic (exact) mass is 272 g/mol. The number of carbonyl (C=O) groups excluding carboxylic acids is 1.